The Balaban J connectivity index is 2.33. The molecule has 1 unspecified atom stereocenters. The zero-order chi connectivity index (χ0) is 9.26. The molecule has 0 radical (unpaired) electrons. The number of hydrogen-bond acceptors (Lipinski definition) is 3. The zero-order valence-electron chi connectivity index (χ0n) is 7.74. The average Bonchev–Trinajstić information content (AvgIpc) is 2.47. The Morgan fingerprint density at radius 3 is 2.85 bits per heavy atom. The molecule has 1 aliphatic rings. The number of hydrogen-bond donors (Lipinski definition) is 1. The van der Waals surface area contributed by atoms with Crippen molar-refractivity contribution in [1.29, 1.82) is 0 Å². The summed E-state index contributed by atoms with van der Waals surface area (Å²) in [4.78, 5) is 7.08. The molecule has 3 heteroatoms. The number of nitrogens with one attached hydrogen (secondary N) is 1. The van der Waals surface area contributed by atoms with Gasteiger partial charge in [0.2, 0.25) is 0 Å². The summed E-state index contributed by atoms with van der Waals surface area (Å²) in [6.07, 6.45) is 5.76. The van der Waals surface area contributed by atoms with E-state index in [4.69, 9.17) is 0 Å². The first-order chi connectivity index (χ1) is 6.27. The van der Waals surface area contributed by atoms with Crippen LogP contribution in [0.4, 0.5) is 0 Å². The van der Waals surface area contributed by atoms with Crippen LogP contribution in [-0.2, 0) is 0 Å². The lowest BCUT2D eigenvalue weighted by atomic mass is 10.1. The Labute approximate surface area is 82.0 Å². The second-order valence-corrected chi connectivity index (χ2v) is 4.58. The SMILES string of the molecule is Cc1cc(C2C=CNC=N2)c(C)s1. The van der Waals surface area contributed by atoms with Crippen molar-refractivity contribution in [2.45, 2.75) is 19.9 Å². The quantitative estimate of drug-likeness (QED) is 0.726. The van der Waals surface area contributed by atoms with Crippen molar-refractivity contribution in [3.05, 3.63) is 33.7 Å². The van der Waals surface area contributed by atoms with Gasteiger partial charge in [-0.2, -0.15) is 0 Å². The van der Waals surface area contributed by atoms with E-state index in [-0.39, 0.29) is 6.04 Å². The van der Waals surface area contributed by atoms with Gasteiger partial charge < -0.3 is 5.32 Å². The maximum absolute atomic E-state index is 4.36. The van der Waals surface area contributed by atoms with E-state index in [1.807, 2.05) is 17.5 Å². The van der Waals surface area contributed by atoms with Gasteiger partial charge in [-0.15, -0.1) is 11.3 Å². The average molecular weight is 192 g/mol. The number of nitrogens with zero attached hydrogens (tertiary/aromatic N) is 1. The minimum Gasteiger partial charge on any atom is -0.353 e. The zero-order valence-corrected chi connectivity index (χ0v) is 8.56. The van der Waals surface area contributed by atoms with Crippen LogP contribution >= 0.6 is 11.3 Å². The predicted molar refractivity (Wildman–Crippen MR) is 57.3 cm³/mol. The van der Waals surface area contributed by atoms with Crippen molar-refractivity contribution in [1.82, 2.24) is 5.32 Å². The number of aryl methyl sites for hydroxylation is 2. The van der Waals surface area contributed by atoms with Crippen LogP contribution in [0.2, 0.25) is 0 Å². The maximum atomic E-state index is 4.36. The van der Waals surface area contributed by atoms with Crippen LogP contribution in [0.15, 0.2) is 23.3 Å². The highest BCUT2D eigenvalue weighted by molar-refractivity contribution is 7.12. The molecule has 2 nitrogen and oxygen atoms in total. The molecule has 0 amide bonds. The lowest BCUT2D eigenvalue weighted by Gasteiger charge is -2.10. The lowest BCUT2D eigenvalue weighted by molar-refractivity contribution is 0.881. The molecule has 0 aromatic carbocycles. The van der Waals surface area contributed by atoms with Crippen molar-refractivity contribution in [3.63, 3.8) is 0 Å². The van der Waals surface area contributed by atoms with Crippen molar-refractivity contribution >= 4 is 17.7 Å². The van der Waals surface area contributed by atoms with Gasteiger partial charge in [-0.3, -0.25) is 4.99 Å². The van der Waals surface area contributed by atoms with Crippen molar-refractivity contribution in [2.75, 3.05) is 0 Å². The van der Waals surface area contributed by atoms with Gasteiger partial charge in [0.25, 0.3) is 0 Å². The molecular formula is C10H12N2S. The van der Waals surface area contributed by atoms with E-state index >= 15 is 0 Å². The summed E-state index contributed by atoms with van der Waals surface area (Å²) < 4.78 is 0. The maximum Gasteiger partial charge on any atom is 0.0975 e. The monoisotopic (exact) mass is 192 g/mol. The summed E-state index contributed by atoms with van der Waals surface area (Å²) in [7, 11) is 0. The summed E-state index contributed by atoms with van der Waals surface area (Å²) in [5, 5.41) is 2.94. The van der Waals surface area contributed by atoms with Gasteiger partial charge in [0.1, 0.15) is 0 Å². The fourth-order valence-electron chi connectivity index (χ4n) is 1.49. The van der Waals surface area contributed by atoms with Gasteiger partial charge in [0, 0.05) is 16.0 Å². The van der Waals surface area contributed by atoms with Gasteiger partial charge in [0.15, 0.2) is 0 Å². The molecule has 1 aromatic heterocycles. The van der Waals surface area contributed by atoms with Crippen LogP contribution in [0.1, 0.15) is 21.4 Å². The van der Waals surface area contributed by atoms with E-state index in [9.17, 15) is 0 Å². The van der Waals surface area contributed by atoms with Gasteiger partial charge in [-0.25, -0.2) is 0 Å². The van der Waals surface area contributed by atoms with Crippen LogP contribution in [0.3, 0.4) is 0 Å². The third-order valence-corrected chi connectivity index (χ3v) is 3.06. The smallest absolute Gasteiger partial charge is 0.0975 e. The summed E-state index contributed by atoms with van der Waals surface area (Å²) >= 11 is 1.83. The highest BCUT2D eigenvalue weighted by Gasteiger charge is 2.12. The number of thiophene rings is 1. The summed E-state index contributed by atoms with van der Waals surface area (Å²) in [6, 6.07) is 2.43. The topological polar surface area (TPSA) is 24.4 Å². The van der Waals surface area contributed by atoms with Crippen LogP contribution in [0, 0.1) is 13.8 Å². The van der Waals surface area contributed by atoms with Crippen LogP contribution < -0.4 is 5.32 Å². The minimum absolute atomic E-state index is 0.214. The summed E-state index contributed by atoms with van der Waals surface area (Å²) in [5.41, 5.74) is 1.33. The molecule has 0 bridgehead atoms. The predicted octanol–water partition coefficient (Wildman–Crippen LogP) is 2.55. The Bertz CT molecular complexity index is 351. The molecular weight excluding hydrogens is 180 g/mol. The van der Waals surface area contributed by atoms with E-state index in [2.05, 4.69) is 36.3 Å². The molecule has 13 heavy (non-hydrogen) atoms. The van der Waals surface area contributed by atoms with Gasteiger partial charge in [-0.05, 0) is 31.6 Å². The Hall–Kier alpha value is -1.09. The molecule has 0 aliphatic carbocycles. The molecule has 0 saturated carbocycles. The molecule has 2 heterocycles. The first-order valence-electron chi connectivity index (χ1n) is 4.28. The molecule has 1 N–H and O–H groups in total. The van der Waals surface area contributed by atoms with Crippen LogP contribution in [-0.4, -0.2) is 6.34 Å². The molecule has 0 fully saturated rings. The number of rotatable bonds is 1. The molecule has 1 atom stereocenters. The first kappa shape index (κ1) is 8.51. The fourth-order valence-corrected chi connectivity index (χ4v) is 2.46. The highest BCUT2D eigenvalue weighted by atomic mass is 32.1. The standard InChI is InChI=1S/C10H12N2S/c1-7-5-9(8(2)13-7)10-3-4-11-6-12-10/h3-6,10H,1-2H3,(H,11,12). The van der Waals surface area contributed by atoms with Gasteiger partial charge >= 0.3 is 0 Å². The third kappa shape index (κ3) is 1.65. The van der Waals surface area contributed by atoms with Gasteiger partial charge in [0.05, 0.1) is 12.4 Å². The van der Waals surface area contributed by atoms with E-state index in [0.29, 0.717) is 0 Å². The second kappa shape index (κ2) is 3.34. The van der Waals surface area contributed by atoms with E-state index in [1.54, 1.807) is 6.34 Å². The lowest BCUT2D eigenvalue weighted by Crippen LogP contribution is -2.08. The minimum atomic E-state index is 0.214. The fraction of sp³-hybridized carbons (Fsp3) is 0.300. The largest absolute Gasteiger partial charge is 0.353 e. The third-order valence-electron chi connectivity index (χ3n) is 2.08. The van der Waals surface area contributed by atoms with Crippen LogP contribution in [0.5, 0.6) is 0 Å². The van der Waals surface area contributed by atoms with E-state index < -0.39 is 0 Å². The van der Waals surface area contributed by atoms with Gasteiger partial charge in [-0.1, -0.05) is 0 Å². The Kier molecular flexibility index (Phi) is 2.19. The Morgan fingerprint density at radius 2 is 2.31 bits per heavy atom. The molecule has 1 aromatic rings. The Morgan fingerprint density at radius 1 is 1.46 bits per heavy atom. The van der Waals surface area contributed by atoms with Crippen molar-refractivity contribution < 1.29 is 0 Å². The molecule has 1 aliphatic heterocycles. The molecule has 2 rings (SSSR count). The highest BCUT2D eigenvalue weighted by Crippen LogP contribution is 2.29. The summed E-state index contributed by atoms with van der Waals surface area (Å²) in [5.74, 6) is 0. The number of aliphatic imine (C=N–C) groups is 1. The molecule has 0 spiro atoms. The van der Waals surface area contributed by atoms with Crippen molar-refractivity contribution in [2.24, 2.45) is 4.99 Å². The van der Waals surface area contributed by atoms with E-state index in [1.165, 1.54) is 15.3 Å². The van der Waals surface area contributed by atoms with Crippen LogP contribution in [0.25, 0.3) is 0 Å². The van der Waals surface area contributed by atoms with Crippen molar-refractivity contribution in [3.8, 4) is 0 Å². The molecule has 68 valence electrons. The normalized spacial score (nSPS) is 20.3. The summed E-state index contributed by atoms with van der Waals surface area (Å²) in [6.45, 7) is 4.29. The van der Waals surface area contributed by atoms with E-state index in [0.717, 1.165) is 0 Å². The second-order valence-electron chi connectivity index (χ2n) is 3.12. The first-order valence-corrected chi connectivity index (χ1v) is 5.10. The molecule has 0 saturated heterocycles.